The van der Waals surface area contributed by atoms with Crippen LogP contribution in [0.4, 0.5) is 0 Å². The minimum absolute atomic E-state index is 0.0883. The van der Waals surface area contributed by atoms with E-state index in [1.807, 2.05) is 12.1 Å². The molecule has 1 aliphatic rings. The first kappa shape index (κ1) is 12.9. The summed E-state index contributed by atoms with van der Waals surface area (Å²) in [5.41, 5.74) is 1.54. The van der Waals surface area contributed by atoms with Crippen LogP contribution in [0.2, 0.25) is 0 Å². The van der Waals surface area contributed by atoms with E-state index in [9.17, 15) is 9.90 Å². The number of aliphatic hydroxyl groups excluding tert-OH is 1. The molecule has 0 aliphatic heterocycles. The maximum Gasteiger partial charge on any atom is 0.309 e. The van der Waals surface area contributed by atoms with Crippen molar-refractivity contribution < 1.29 is 19.4 Å². The SMILES string of the molecule is COC(=O)Cc1ccc(OCC2CC2)c(CO)c1. The molecule has 2 rings (SSSR count). The Balaban J connectivity index is 2.03. The average molecular weight is 250 g/mol. The quantitative estimate of drug-likeness (QED) is 0.780. The third-order valence-electron chi connectivity index (χ3n) is 3.04. The highest BCUT2D eigenvalue weighted by molar-refractivity contribution is 5.72. The molecule has 4 heteroatoms. The third kappa shape index (κ3) is 3.47. The van der Waals surface area contributed by atoms with Gasteiger partial charge in [-0.1, -0.05) is 6.07 Å². The number of esters is 1. The van der Waals surface area contributed by atoms with Crippen LogP contribution in [0.25, 0.3) is 0 Å². The lowest BCUT2D eigenvalue weighted by Crippen LogP contribution is -2.06. The highest BCUT2D eigenvalue weighted by Gasteiger charge is 2.22. The molecule has 0 saturated heterocycles. The Morgan fingerprint density at radius 2 is 2.22 bits per heavy atom. The van der Waals surface area contributed by atoms with E-state index in [0.717, 1.165) is 11.1 Å². The summed E-state index contributed by atoms with van der Waals surface area (Å²) >= 11 is 0. The Morgan fingerprint density at radius 1 is 1.44 bits per heavy atom. The predicted molar refractivity (Wildman–Crippen MR) is 66.3 cm³/mol. The van der Waals surface area contributed by atoms with Crippen molar-refractivity contribution >= 4 is 5.97 Å². The smallest absolute Gasteiger partial charge is 0.309 e. The summed E-state index contributed by atoms with van der Waals surface area (Å²) in [6.45, 7) is 0.623. The Labute approximate surface area is 107 Å². The topological polar surface area (TPSA) is 55.8 Å². The summed E-state index contributed by atoms with van der Waals surface area (Å²) in [7, 11) is 1.36. The van der Waals surface area contributed by atoms with Crippen LogP contribution in [-0.4, -0.2) is 24.8 Å². The monoisotopic (exact) mass is 250 g/mol. The zero-order chi connectivity index (χ0) is 13.0. The normalized spacial score (nSPS) is 14.3. The van der Waals surface area contributed by atoms with E-state index in [2.05, 4.69) is 4.74 Å². The van der Waals surface area contributed by atoms with Crippen LogP contribution in [0.15, 0.2) is 18.2 Å². The highest BCUT2D eigenvalue weighted by atomic mass is 16.5. The van der Waals surface area contributed by atoms with Crippen molar-refractivity contribution in [2.75, 3.05) is 13.7 Å². The molecular weight excluding hydrogens is 232 g/mol. The molecule has 0 heterocycles. The van der Waals surface area contributed by atoms with Gasteiger partial charge in [-0.15, -0.1) is 0 Å². The number of carbonyl (C=O) groups excluding carboxylic acids is 1. The zero-order valence-electron chi connectivity index (χ0n) is 10.5. The molecule has 1 aromatic carbocycles. The van der Waals surface area contributed by atoms with Gasteiger partial charge in [0.15, 0.2) is 0 Å². The van der Waals surface area contributed by atoms with Crippen molar-refractivity contribution in [3.63, 3.8) is 0 Å². The molecule has 1 N–H and O–H groups in total. The fraction of sp³-hybridized carbons (Fsp3) is 0.500. The molecule has 0 atom stereocenters. The summed E-state index contributed by atoms with van der Waals surface area (Å²) in [6.07, 6.45) is 2.68. The first-order chi connectivity index (χ1) is 8.72. The summed E-state index contributed by atoms with van der Waals surface area (Å²) < 4.78 is 10.3. The molecule has 98 valence electrons. The van der Waals surface area contributed by atoms with E-state index < -0.39 is 0 Å². The number of hydrogen-bond donors (Lipinski definition) is 1. The second-order valence-electron chi connectivity index (χ2n) is 4.61. The molecule has 0 aromatic heterocycles. The number of carbonyl (C=O) groups is 1. The fourth-order valence-corrected chi connectivity index (χ4v) is 1.74. The molecule has 1 aromatic rings. The number of methoxy groups -OCH3 is 1. The minimum Gasteiger partial charge on any atom is -0.493 e. The molecule has 1 saturated carbocycles. The summed E-state index contributed by atoms with van der Waals surface area (Å²) in [4.78, 5) is 11.2. The zero-order valence-corrected chi connectivity index (χ0v) is 10.5. The van der Waals surface area contributed by atoms with Crippen molar-refractivity contribution in [2.24, 2.45) is 5.92 Å². The summed E-state index contributed by atoms with van der Waals surface area (Å²) in [5, 5.41) is 9.32. The van der Waals surface area contributed by atoms with Gasteiger partial charge in [0.2, 0.25) is 0 Å². The molecule has 0 unspecified atom stereocenters. The Bertz CT molecular complexity index is 424. The Kier molecular flexibility index (Phi) is 4.20. The lowest BCUT2D eigenvalue weighted by Gasteiger charge is -2.11. The lowest BCUT2D eigenvalue weighted by molar-refractivity contribution is -0.139. The van der Waals surface area contributed by atoms with Gasteiger partial charge >= 0.3 is 5.97 Å². The van der Waals surface area contributed by atoms with E-state index in [1.165, 1.54) is 20.0 Å². The lowest BCUT2D eigenvalue weighted by atomic mass is 10.1. The van der Waals surface area contributed by atoms with Crippen LogP contribution in [0.5, 0.6) is 5.75 Å². The number of hydrogen-bond acceptors (Lipinski definition) is 4. The van der Waals surface area contributed by atoms with Gasteiger partial charge in [0.05, 0.1) is 26.7 Å². The van der Waals surface area contributed by atoms with Crippen molar-refractivity contribution in [3.05, 3.63) is 29.3 Å². The third-order valence-corrected chi connectivity index (χ3v) is 3.04. The van der Waals surface area contributed by atoms with Crippen LogP contribution in [-0.2, 0) is 22.6 Å². The molecule has 1 fully saturated rings. The van der Waals surface area contributed by atoms with E-state index in [1.54, 1.807) is 6.07 Å². The molecule has 0 radical (unpaired) electrons. The van der Waals surface area contributed by atoms with Crippen molar-refractivity contribution in [1.29, 1.82) is 0 Å². The number of benzene rings is 1. The van der Waals surface area contributed by atoms with Crippen molar-refractivity contribution in [1.82, 2.24) is 0 Å². The van der Waals surface area contributed by atoms with Gasteiger partial charge in [0.25, 0.3) is 0 Å². The standard InChI is InChI=1S/C14H18O4/c1-17-14(16)7-11-4-5-13(12(6-11)8-15)18-9-10-2-3-10/h4-6,10,15H,2-3,7-9H2,1H3. The van der Waals surface area contributed by atoms with Gasteiger partial charge in [0.1, 0.15) is 5.75 Å². The first-order valence-electron chi connectivity index (χ1n) is 6.15. The highest BCUT2D eigenvalue weighted by Crippen LogP contribution is 2.30. The van der Waals surface area contributed by atoms with Crippen LogP contribution < -0.4 is 4.74 Å². The van der Waals surface area contributed by atoms with Gasteiger partial charge < -0.3 is 14.6 Å². The molecule has 0 spiro atoms. The maximum absolute atomic E-state index is 11.2. The van der Waals surface area contributed by atoms with Crippen LogP contribution in [0.3, 0.4) is 0 Å². The number of rotatable bonds is 6. The maximum atomic E-state index is 11.2. The molecule has 18 heavy (non-hydrogen) atoms. The largest absolute Gasteiger partial charge is 0.493 e. The van der Waals surface area contributed by atoms with Gasteiger partial charge in [-0.3, -0.25) is 4.79 Å². The van der Waals surface area contributed by atoms with Gasteiger partial charge in [-0.25, -0.2) is 0 Å². The van der Waals surface area contributed by atoms with E-state index in [4.69, 9.17) is 4.74 Å². The fourth-order valence-electron chi connectivity index (χ4n) is 1.74. The van der Waals surface area contributed by atoms with Gasteiger partial charge in [-0.05, 0) is 36.5 Å². The van der Waals surface area contributed by atoms with Gasteiger partial charge in [0, 0.05) is 5.56 Å². The van der Waals surface area contributed by atoms with Gasteiger partial charge in [-0.2, -0.15) is 0 Å². The van der Waals surface area contributed by atoms with Crippen LogP contribution in [0, 0.1) is 5.92 Å². The Hall–Kier alpha value is -1.55. The summed E-state index contributed by atoms with van der Waals surface area (Å²) in [5.74, 6) is 1.09. The van der Waals surface area contributed by atoms with E-state index in [0.29, 0.717) is 18.3 Å². The second kappa shape index (κ2) is 5.87. The molecule has 0 bridgehead atoms. The van der Waals surface area contributed by atoms with Crippen LogP contribution in [0.1, 0.15) is 24.0 Å². The van der Waals surface area contributed by atoms with E-state index >= 15 is 0 Å². The molecule has 4 nitrogen and oxygen atoms in total. The number of ether oxygens (including phenoxy) is 2. The minimum atomic E-state index is -0.287. The summed E-state index contributed by atoms with van der Waals surface area (Å²) in [6, 6.07) is 5.43. The molecule has 1 aliphatic carbocycles. The Morgan fingerprint density at radius 3 is 2.83 bits per heavy atom. The van der Waals surface area contributed by atoms with Crippen LogP contribution >= 0.6 is 0 Å². The average Bonchev–Trinajstić information content (AvgIpc) is 3.21. The first-order valence-corrected chi connectivity index (χ1v) is 6.15. The van der Waals surface area contributed by atoms with Crippen molar-refractivity contribution in [2.45, 2.75) is 25.9 Å². The number of aliphatic hydroxyl groups is 1. The van der Waals surface area contributed by atoms with E-state index in [-0.39, 0.29) is 19.0 Å². The second-order valence-corrected chi connectivity index (χ2v) is 4.61. The predicted octanol–water partition coefficient (Wildman–Crippen LogP) is 1.68. The molecule has 0 amide bonds. The molecular formula is C14H18O4. The van der Waals surface area contributed by atoms with Crippen molar-refractivity contribution in [3.8, 4) is 5.75 Å².